The maximum atomic E-state index is 5.15. The highest BCUT2D eigenvalue weighted by molar-refractivity contribution is 7.59. The Hall–Kier alpha value is 0.310. The van der Waals surface area contributed by atoms with Gasteiger partial charge in [-0.3, -0.25) is 0 Å². The van der Waals surface area contributed by atoms with Gasteiger partial charge in [-0.05, 0) is 19.8 Å². The van der Waals surface area contributed by atoms with Crippen LogP contribution in [0.5, 0.6) is 0 Å². The van der Waals surface area contributed by atoms with Crippen LogP contribution in [0.2, 0.25) is 0 Å². The summed E-state index contributed by atoms with van der Waals surface area (Å²) in [5, 5.41) is 0. The smallest absolute Gasteiger partial charge is 0.0547 e. The molecule has 0 unspecified atom stereocenters. The van der Waals surface area contributed by atoms with Gasteiger partial charge in [0, 0.05) is 6.61 Å². The van der Waals surface area contributed by atoms with E-state index in [9.17, 15) is 0 Å². The quantitative estimate of drug-likeness (QED) is 0.535. The highest BCUT2D eigenvalue weighted by Gasteiger charge is 2.07. The minimum atomic E-state index is 0. The van der Waals surface area contributed by atoms with E-state index in [-0.39, 0.29) is 13.5 Å². The van der Waals surface area contributed by atoms with E-state index < -0.39 is 0 Å². The molecule has 0 aromatic rings. The fourth-order valence-electron chi connectivity index (χ4n) is 0.739. The van der Waals surface area contributed by atoms with Gasteiger partial charge in [-0.1, -0.05) is 20.3 Å². The van der Waals surface area contributed by atoms with E-state index in [4.69, 9.17) is 4.74 Å². The molecule has 1 aliphatic rings. The van der Waals surface area contributed by atoms with Crippen molar-refractivity contribution in [3.8, 4) is 0 Å². The van der Waals surface area contributed by atoms with Crippen molar-refractivity contribution in [2.75, 3.05) is 6.61 Å². The fraction of sp³-hybridized carbons (Fsp3) is 1.00. The number of ether oxygens (including phenoxy) is 1. The van der Waals surface area contributed by atoms with Gasteiger partial charge in [-0.2, -0.15) is 13.5 Å². The third kappa shape index (κ3) is 8.31. The van der Waals surface area contributed by atoms with E-state index in [0.717, 1.165) is 6.61 Å². The molecule has 1 rings (SSSR count). The normalized spacial score (nSPS) is 22.5. The first-order valence-corrected chi connectivity index (χ1v) is 3.92. The van der Waals surface area contributed by atoms with Crippen LogP contribution in [0.3, 0.4) is 0 Å². The molecule has 0 aliphatic carbocycles. The van der Waals surface area contributed by atoms with Gasteiger partial charge in [0.1, 0.15) is 0 Å². The molecule has 0 radical (unpaired) electrons. The Bertz CT molecular complexity index is 51.2. The predicted octanol–water partition coefficient (Wildman–Crippen LogP) is 2.71. The van der Waals surface area contributed by atoms with Gasteiger partial charge >= 0.3 is 0 Å². The molecule has 1 saturated heterocycles. The second-order valence-corrected chi connectivity index (χ2v) is 2.53. The van der Waals surface area contributed by atoms with Crippen molar-refractivity contribution in [3.63, 3.8) is 0 Å². The van der Waals surface area contributed by atoms with Crippen molar-refractivity contribution < 1.29 is 4.74 Å². The summed E-state index contributed by atoms with van der Waals surface area (Å²) in [7, 11) is 0. The van der Waals surface area contributed by atoms with Gasteiger partial charge < -0.3 is 4.74 Å². The standard InChI is InChI=1S/C5H10O.C3H8.H2S/c1-5-3-2-4-6-5;1-3-2;/h5H,2-4H2,1H3;3H2,1-2H3;1H2/t5-;;/m1../s1. The SMILES string of the molecule is CCC.C[C@@H]1CCCO1.S. The topological polar surface area (TPSA) is 9.23 Å². The van der Waals surface area contributed by atoms with Crippen molar-refractivity contribution in [1.82, 2.24) is 0 Å². The highest BCUT2D eigenvalue weighted by Crippen LogP contribution is 2.09. The zero-order chi connectivity index (χ0) is 7.11. The Morgan fingerprint density at radius 3 is 2.00 bits per heavy atom. The lowest BCUT2D eigenvalue weighted by Gasteiger charge is -1.94. The molecule has 0 spiro atoms. The number of rotatable bonds is 0. The first-order chi connectivity index (χ1) is 4.31. The van der Waals surface area contributed by atoms with Crippen LogP contribution in [0.25, 0.3) is 0 Å². The van der Waals surface area contributed by atoms with Crippen molar-refractivity contribution in [1.29, 1.82) is 0 Å². The van der Waals surface area contributed by atoms with Crippen LogP contribution in [0.4, 0.5) is 0 Å². The molecule has 64 valence electrons. The molecule has 0 bridgehead atoms. The molecule has 1 heterocycles. The number of hydrogen-bond acceptors (Lipinski definition) is 1. The zero-order valence-electron chi connectivity index (χ0n) is 7.31. The second-order valence-electron chi connectivity index (χ2n) is 2.53. The van der Waals surface area contributed by atoms with Crippen molar-refractivity contribution in [2.45, 2.75) is 46.1 Å². The molecule has 1 atom stereocenters. The Morgan fingerprint density at radius 1 is 1.40 bits per heavy atom. The molecule has 1 aliphatic heterocycles. The first-order valence-electron chi connectivity index (χ1n) is 3.92. The molecule has 1 nitrogen and oxygen atoms in total. The Balaban J connectivity index is 0. The molecule has 10 heavy (non-hydrogen) atoms. The minimum absolute atomic E-state index is 0. The maximum absolute atomic E-state index is 5.15. The summed E-state index contributed by atoms with van der Waals surface area (Å²) in [6, 6.07) is 0. The van der Waals surface area contributed by atoms with Gasteiger partial charge in [0.25, 0.3) is 0 Å². The van der Waals surface area contributed by atoms with Crippen LogP contribution in [0, 0.1) is 0 Å². The number of hydrogen-bond donors (Lipinski definition) is 0. The maximum Gasteiger partial charge on any atom is 0.0547 e. The van der Waals surface area contributed by atoms with E-state index in [1.165, 1.54) is 19.3 Å². The Labute approximate surface area is 71.6 Å². The lowest BCUT2D eigenvalue weighted by molar-refractivity contribution is 0.125. The summed E-state index contributed by atoms with van der Waals surface area (Å²) in [4.78, 5) is 0. The summed E-state index contributed by atoms with van der Waals surface area (Å²) in [6.45, 7) is 7.36. The Kier molecular flexibility index (Phi) is 12.0. The summed E-state index contributed by atoms with van der Waals surface area (Å²) >= 11 is 0. The summed E-state index contributed by atoms with van der Waals surface area (Å²) in [5.74, 6) is 0. The van der Waals surface area contributed by atoms with Crippen LogP contribution >= 0.6 is 13.5 Å². The molecule has 0 aromatic heterocycles. The lowest BCUT2D eigenvalue weighted by Crippen LogP contribution is -1.94. The van der Waals surface area contributed by atoms with Crippen molar-refractivity contribution >= 4 is 13.5 Å². The van der Waals surface area contributed by atoms with E-state index >= 15 is 0 Å². The summed E-state index contributed by atoms with van der Waals surface area (Å²) in [6.07, 6.45) is 4.33. The van der Waals surface area contributed by atoms with Crippen LogP contribution < -0.4 is 0 Å². The minimum Gasteiger partial charge on any atom is -0.379 e. The molecule has 1 fully saturated rings. The van der Waals surface area contributed by atoms with E-state index in [1.54, 1.807) is 0 Å². The third-order valence-corrected chi connectivity index (χ3v) is 1.16. The molecular formula is C8H20OS. The van der Waals surface area contributed by atoms with Gasteiger partial charge in [0.05, 0.1) is 6.10 Å². The summed E-state index contributed by atoms with van der Waals surface area (Å²) < 4.78 is 5.15. The van der Waals surface area contributed by atoms with Gasteiger partial charge in [-0.25, -0.2) is 0 Å². The van der Waals surface area contributed by atoms with Gasteiger partial charge in [0.2, 0.25) is 0 Å². The van der Waals surface area contributed by atoms with E-state index in [0.29, 0.717) is 6.10 Å². The van der Waals surface area contributed by atoms with Crippen LogP contribution in [0.15, 0.2) is 0 Å². The van der Waals surface area contributed by atoms with Crippen molar-refractivity contribution in [2.24, 2.45) is 0 Å². The van der Waals surface area contributed by atoms with Crippen LogP contribution in [0.1, 0.15) is 40.0 Å². The molecule has 2 heteroatoms. The van der Waals surface area contributed by atoms with Crippen LogP contribution in [-0.2, 0) is 4.74 Å². The Morgan fingerprint density at radius 2 is 1.90 bits per heavy atom. The summed E-state index contributed by atoms with van der Waals surface area (Å²) in [5.41, 5.74) is 0. The predicted molar refractivity (Wildman–Crippen MR) is 51.0 cm³/mol. The van der Waals surface area contributed by atoms with E-state index in [1.807, 2.05) is 0 Å². The largest absolute Gasteiger partial charge is 0.379 e. The molecule has 0 saturated carbocycles. The van der Waals surface area contributed by atoms with E-state index in [2.05, 4.69) is 20.8 Å². The third-order valence-electron chi connectivity index (χ3n) is 1.16. The molecule has 0 aromatic carbocycles. The average Bonchev–Trinajstić information content (AvgIpc) is 2.20. The fourth-order valence-corrected chi connectivity index (χ4v) is 0.739. The first kappa shape index (κ1) is 12.9. The van der Waals surface area contributed by atoms with Gasteiger partial charge in [-0.15, -0.1) is 0 Å². The second kappa shape index (κ2) is 9.31. The van der Waals surface area contributed by atoms with Crippen molar-refractivity contribution in [3.05, 3.63) is 0 Å². The average molecular weight is 164 g/mol. The monoisotopic (exact) mass is 164 g/mol. The lowest BCUT2D eigenvalue weighted by atomic mass is 10.3. The van der Waals surface area contributed by atoms with Crippen LogP contribution in [-0.4, -0.2) is 12.7 Å². The molecule has 0 N–H and O–H groups in total. The molecule has 0 amide bonds. The highest BCUT2D eigenvalue weighted by atomic mass is 32.1. The zero-order valence-corrected chi connectivity index (χ0v) is 8.31. The molecular weight excluding hydrogens is 144 g/mol. The van der Waals surface area contributed by atoms with Gasteiger partial charge in [0.15, 0.2) is 0 Å².